The van der Waals surface area contributed by atoms with Crippen LogP contribution in [0, 0.1) is 6.92 Å². The Labute approximate surface area is 115 Å². The van der Waals surface area contributed by atoms with Crippen LogP contribution in [0.25, 0.3) is 0 Å². The van der Waals surface area contributed by atoms with Crippen LogP contribution in [0.1, 0.15) is 5.56 Å². The number of aliphatic carboxylic acids is 1. The van der Waals surface area contributed by atoms with Gasteiger partial charge in [-0.1, -0.05) is 17.7 Å². The Balaban J connectivity index is 2.51. The number of ether oxygens (including phenoxy) is 1. The average molecular weight is 287 g/mol. The van der Waals surface area contributed by atoms with E-state index in [2.05, 4.69) is 15.4 Å². The zero-order valence-corrected chi connectivity index (χ0v) is 11.3. The van der Waals surface area contributed by atoms with Crippen LogP contribution in [0.4, 0.5) is 10.5 Å². The van der Waals surface area contributed by atoms with E-state index in [9.17, 15) is 9.59 Å². The molecule has 3 N–H and O–H groups in total. The van der Waals surface area contributed by atoms with Crippen molar-refractivity contribution in [3.05, 3.63) is 28.8 Å². The smallest absolute Gasteiger partial charge is 0.334 e. The molecule has 1 aromatic rings. The number of carbonyl (C=O) groups excluding carboxylic acids is 1. The van der Waals surface area contributed by atoms with Gasteiger partial charge in [-0.2, -0.15) is 0 Å². The number of hydrogen-bond acceptors (Lipinski definition) is 3. The number of methoxy groups -OCH3 is 1. The summed E-state index contributed by atoms with van der Waals surface area (Å²) in [4.78, 5) is 22.2. The van der Waals surface area contributed by atoms with E-state index in [1.54, 1.807) is 18.2 Å². The van der Waals surface area contributed by atoms with E-state index >= 15 is 0 Å². The molecule has 6 nitrogen and oxygen atoms in total. The molecule has 0 aliphatic heterocycles. The van der Waals surface area contributed by atoms with E-state index in [4.69, 9.17) is 16.7 Å². The Kier molecular flexibility index (Phi) is 5.59. The first-order valence-electron chi connectivity index (χ1n) is 5.50. The third-order valence-electron chi connectivity index (χ3n) is 2.44. The van der Waals surface area contributed by atoms with E-state index in [0.717, 1.165) is 5.56 Å². The SMILES string of the molecule is COC(CNC(=O)Nc1ccc(C)c(Cl)c1)C(=O)O. The van der Waals surface area contributed by atoms with Crippen molar-refractivity contribution in [2.24, 2.45) is 0 Å². The van der Waals surface area contributed by atoms with Gasteiger partial charge in [0.25, 0.3) is 0 Å². The molecular weight excluding hydrogens is 272 g/mol. The van der Waals surface area contributed by atoms with E-state index < -0.39 is 18.1 Å². The average Bonchev–Trinajstić information content (AvgIpc) is 2.34. The molecule has 1 atom stereocenters. The van der Waals surface area contributed by atoms with Crippen LogP contribution in [-0.4, -0.2) is 36.9 Å². The Bertz CT molecular complexity index is 479. The molecule has 0 saturated carbocycles. The minimum absolute atomic E-state index is 0.128. The molecule has 1 rings (SSSR count). The number of nitrogens with one attached hydrogen (secondary N) is 2. The standard InChI is InChI=1S/C12H15ClN2O4/c1-7-3-4-8(5-9(7)13)15-12(18)14-6-10(19-2)11(16)17/h3-5,10H,6H2,1-2H3,(H,16,17)(H2,14,15,18). The van der Waals surface area contributed by atoms with Gasteiger partial charge in [-0.05, 0) is 24.6 Å². The van der Waals surface area contributed by atoms with Gasteiger partial charge in [-0.15, -0.1) is 0 Å². The van der Waals surface area contributed by atoms with Crippen LogP contribution >= 0.6 is 11.6 Å². The summed E-state index contributed by atoms with van der Waals surface area (Å²) >= 11 is 5.92. The molecule has 1 aromatic carbocycles. The van der Waals surface area contributed by atoms with Gasteiger partial charge < -0.3 is 20.5 Å². The minimum atomic E-state index is -1.14. The number of amides is 2. The van der Waals surface area contributed by atoms with Crippen LogP contribution in [0.2, 0.25) is 5.02 Å². The summed E-state index contributed by atoms with van der Waals surface area (Å²) in [5.41, 5.74) is 1.43. The third kappa shape index (κ3) is 4.76. The Hall–Kier alpha value is -1.79. The van der Waals surface area contributed by atoms with E-state index in [1.165, 1.54) is 7.11 Å². The molecule has 0 aliphatic carbocycles. The molecule has 0 aromatic heterocycles. The van der Waals surface area contributed by atoms with Crippen molar-refractivity contribution in [2.45, 2.75) is 13.0 Å². The number of anilines is 1. The Morgan fingerprint density at radius 2 is 2.16 bits per heavy atom. The van der Waals surface area contributed by atoms with Crippen molar-refractivity contribution in [3.63, 3.8) is 0 Å². The summed E-state index contributed by atoms with van der Waals surface area (Å²) in [5.74, 6) is -1.14. The number of rotatable bonds is 5. The van der Waals surface area contributed by atoms with E-state index in [0.29, 0.717) is 10.7 Å². The summed E-state index contributed by atoms with van der Waals surface area (Å²) in [5, 5.41) is 14.2. The van der Waals surface area contributed by atoms with Crippen molar-refractivity contribution in [3.8, 4) is 0 Å². The van der Waals surface area contributed by atoms with Crippen LogP contribution in [0.3, 0.4) is 0 Å². The van der Waals surface area contributed by atoms with Crippen LogP contribution < -0.4 is 10.6 Å². The number of benzene rings is 1. The maximum Gasteiger partial charge on any atom is 0.334 e. The molecule has 104 valence electrons. The second kappa shape index (κ2) is 6.96. The highest BCUT2D eigenvalue weighted by Gasteiger charge is 2.17. The Morgan fingerprint density at radius 1 is 1.47 bits per heavy atom. The van der Waals surface area contributed by atoms with Crippen LogP contribution in [0.15, 0.2) is 18.2 Å². The zero-order valence-electron chi connectivity index (χ0n) is 10.6. The molecule has 0 saturated heterocycles. The second-order valence-corrected chi connectivity index (χ2v) is 4.27. The molecule has 0 aliphatic rings. The molecule has 7 heteroatoms. The summed E-state index contributed by atoms with van der Waals surface area (Å²) < 4.78 is 4.68. The van der Waals surface area contributed by atoms with Crippen molar-refractivity contribution < 1.29 is 19.4 Å². The first-order valence-corrected chi connectivity index (χ1v) is 5.88. The normalized spacial score (nSPS) is 11.7. The number of aryl methyl sites for hydroxylation is 1. The van der Waals surface area contributed by atoms with Gasteiger partial charge in [0.15, 0.2) is 6.10 Å². The quantitative estimate of drug-likeness (QED) is 0.771. The highest BCUT2D eigenvalue weighted by Crippen LogP contribution is 2.19. The lowest BCUT2D eigenvalue weighted by atomic mass is 10.2. The van der Waals surface area contributed by atoms with Gasteiger partial charge in [0.1, 0.15) is 0 Å². The molecule has 19 heavy (non-hydrogen) atoms. The van der Waals surface area contributed by atoms with Gasteiger partial charge in [-0.3, -0.25) is 0 Å². The van der Waals surface area contributed by atoms with Crippen molar-refractivity contribution in [1.29, 1.82) is 0 Å². The van der Waals surface area contributed by atoms with Gasteiger partial charge >= 0.3 is 12.0 Å². The van der Waals surface area contributed by atoms with Crippen molar-refractivity contribution in [2.75, 3.05) is 19.0 Å². The van der Waals surface area contributed by atoms with Gasteiger partial charge in [0.05, 0.1) is 6.54 Å². The Morgan fingerprint density at radius 3 is 2.68 bits per heavy atom. The predicted molar refractivity (Wildman–Crippen MR) is 71.6 cm³/mol. The van der Waals surface area contributed by atoms with Crippen molar-refractivity contribution >= 4 is 29.3 Å². The highest BCUT2D eigenvalue weighted by molar-refractivity contribution is 6.31. The number of carboxylic acids is 1. The van der Waals surface area contributed by atoms with Crippen LogP contribution in [0.5, 0.6) is 0 Å². The number of halogens is 1. The number of urea groups is 1. The summed E-state index contributed by atoms with van der Waals surface area (Å²) in [6.07, 6.45) is -1.08. The lowest BCUT2D eigenvalue weighted by molar-refractivity contribution is -0.147. The number of carbonyl (C=O) groups is 2. The molecule has 0 radical (unpaired) electrons. The number of hydrogen-bond donors (Lipinski definition) is 3. The van der Waals surface area contributed by atoms with Crippen LogP contribution in [-0.2, 0) is 9.53 Å². The molecule has 0 bridgehead atoms. The van der Waals surface area contributed by atoms with Gasteiger partial charge in [-0.25, -0.2) is 9.59 Å². The first-order chi connectivity index (χ1) is 8.93. The predicted octanol–water partition coefficient (Wildman–Crippen LogP) is 1.87. The third-order valence-corrected chi connectivity index (χ3v) is 2.84. The maximum absolute atomic E-state index is 11.5. The first kappa shape index (κ1) is 15.3. The molecular formula is C12H15ClN2O4. The van der Waals surface area contributed by atoms with Crippen molar-refractivity contribution in [1.82, 2.24) is 5.32 Å². The van der Waals surface area contributed by atoms with E-state index in [-0.39, 0.29) is 6.54 Å². The fourth-order valence-electron chi connectivity index (χ4n) is 1.30. The lowest BCUT2D eigenvalue weighted by Crippen LogP contribution is -2.39. The molecule has 1 unspecified atom stereocenters. The molecule has 2 amide bonds. The second-order valence-electron chi connectivity index (χ2n) is 3.86. The zero-order chi connectivity index (χ0) is 14.4. The van der Waals surface area contributed by atoms with Gasteiger partial charge in [0, 0.05) is 17.8 Å². The lowest BCUT2D eigenvalue weighted by Gasteiger charge is -2.12. The monoisotopic (exact) mass is 286 g/mol. The highest BCUT2D eigenvalue weighted by atomic mass is 35.5. The fourth-order valence-corrected chi connectivity index (χ4v) is 1.48. The minimum Gasteiger partial charge on any atom is -0.479 e. The van der Waals surface area contributed by atoms with E-state index in [1.807, 2.05) is 6.92 Å². The fraction of sp³-hybridized carbons (Fsp3) is 0.333. The maximum atomic E-state index is 11.5. The summed E-state index contributed by atoms with van der Waals surface area (Å²) in [6.45, 7) is 1.72. The number of carboxylic acid groups (broad SMARTS) is 1. The molecule has 0 fully saturated rings. The van der Waals surface area contributed by atoms with Gasteiger partial charge in [0.2, 0.25) is 0 Å². The topological polar surface area (TPSA) is 87.7 Å². The summed E-state index contributed by atoms with van der Waals surface area (Å²) in [7, 11) is 1.26. The summed E-state index contributed by atoms with van der Waals surface area (Å²) in [6, 6.07) is 4.56. The molecule has 0 spiro atoms. The molecule has 0 heterocycles. The largest absolute Gasteiger partial charge is 0.479 e.